The molecule has 15 heteroatoms. The molecule has 1 spiro atoms. The third-order valence-corrected chi connectivity index (χ3v) is 10.3. The van der Waals surface area contributed by atoms with Gasteiger partial charge in [-0.3, -0.25) is 5.32 Å². The summed E-state index contributed by atoms with van der Waals surface area (Å²) in [6.45, 7) is -0.236. The van der Waals surface area contributed by atoms with E-state index in [0.29, 0.717) is 11.6 Å². The van der Waals surface area contributed by atoms with Crippen LogP contribution in [-0.2, 0) is 35.0 Å². The number of rotatable bonds is 10. The number of benzene rings is 3. The van der Waals surface area contributed by atoms with Crippen molar-refractivity contribution in [3.05, 3.63) is 108 Å². The van der Waals surface area contributed by atoms with Gasteiger partial charge < -0.3 is 55.1 Å². The highest BCUT2D eigenvalue weighted by molar-refractivity contribution is 5.91. The molecule has 1 saturated heterocycles. The third-order valence-electron chi connectivity index (χ3n) is 10.3. The van der Waals surface area contributed by atoms with E-state index in [9.17, 15) is 55.2 Å². The molecule has 2 heterocycles. The molecule has 3 aromatic rings. The summed E-state index contributed by atoms with van der Waals surface area (Å²) in [6.07, 6.45) is 2.51. The number of fused-ring (bicyclic) bond motifs is 1. The number of hydrogen-bond donors (Lipinski definition) is 9. The number of ether oxygens (including phenoxy) is 3. The molecule has 7 unspecified atom stereocenters. The van der Waals surface area contributed by atoms with Crippen LogP contribution in [-0.4, -0.2) is 101 Å². The predicted molar refractivity (Wildman–Crippen MR) is 184 cm³/mol. The first-order valence-electron chi connectivity index (χ1n) is 16.4. The van der Waals surface area contributed by atoms with E-state index in [4.69, 9.17) is 14.2 Å². The Morgan fingerprint density at radius 2 is 1.58 bits per heavy atom. The lowest BCUT2D eigenvalue weighted by atomic mass is 9.50. The number of phenolic OH excluding ortho intramolecular Hbond substituents is 4. The zero-order valence-electron chi connectivity index (χ0n) is 28.1. The predicted octanol–water partition coefficient (Wildman–Crippen LogP) is 2.26. The van der Waals surface area contributed by atoms with Crippen LogP contribution in [0.3, 0.4) is 0 Å². The van der Waals surface area contributed by atoms with Gasteiger partial charge in [0.15, 0.2) is 40.4 Å². The zero-order valence-corrected chi connectivity index (χ0v) is 28.1. The van der Waals surface area contributed by atoms with E-state index < -0.39 is 93.6 Å². The quantitative estimate of drug-likeness (QED) is 0.0362. The fraction of sp³-hybridized carbons (Fsp3) is 0.289. The van der Waals surface area contributed by atoms with Crippen LogP contribution in [0.1, 0.15) is 23.1 Å². The van der Waals surface area contributed by atoms with Crippen molar-refractivity contribution in [2.75, 3.05) is 13.7 Å². The number of phenols is 4. The van der Waals surface area contributed by atoms with Gasteiger partial charge in [0.1, 0.15) is 11.4 Å². The molecular formula is C38H37NO14. The van der Waals surface area contributed by atoms with Crippen molar-refractivity contribution in [2.24, 2.45) is 11.8 Å². The van der Waals surface area contributed by atoms with E-state index in [0.717, 1.165) is 24.3 Å². The van der Waals surface area contributed by atoms with Gasteiger partial charge >= 0.3 is 17.9 Å². The Labute approximate surface area is 301 Å². The van der Waals surface area contributed by atoms with E-state index in [1.165, 1.54) is 43.5 Å². The first-order valence-corrected chi connectivity index (χ1v) is 16.4. The minimum absolute atomic E-state index is 0.124. The summed E-state index contributed by atoms with van der Waals surface area (Å²) in [7, 11) is 1.35. The molecule has 4 aliphatic rings. The highest BCUT2D eigenvalue weighted by Gasteiger charge is 2.83. The first-order chi connectivity index (χ1) is 25.1. The van der Waals surface area contributed by atoms with Crippen LogP contribution in [0.15, 0.2) is 91.0 Å². The summed E-state index contributed by atoms with van der Waals surface area (Å²) in [5.41, 5.74) is -9.19. The van der Waals surface area contributed by atoms with Gasteiger partial charge in [-0.25, -0.2) is 14.4 Å². The standard InChI is InChI=1S/C38H37NO14/c1-39-38(50)24-13-14-35(51-19-24)20-36(49,34(47)48)25(15-21-5-3-2-4-6-21)33(52-32(46)18-28(42)23-9-11-27(41)30(44)17-23)37(35,38)53-31(45)12-8-22-7-10-26(40)29(43)16-22/h2-14,16-18,24-25,33,39-44,49-50H,15,19-20H2,1H3,(H,47,48). The maximum absolute atomic E-state index is 13.9. The number of aromatic hydroxyl groups is 4. The Kier molecular flexibility index (Phi) is 9.47. The van der Waals surface area contributed by atoms with Crippen molar-refractivity contribution in [1.82, 2.24) is 5.32 Å². The normalized spacial score (nSPS) is 30.5. The number of carbonyl (C=O) groups excluding carboxylic acids is 2. The highest BCUT2D eigenvalue weighted by Crippen LogP contribution is 2.62. The van der Waals surface area contributed by atoms with E-state index in [1.54, 1.807) is 30.3 Å². The smallest absolute Gasteiger partial charge is 0.336 e. The Morgan fingerprint density at radius 1 is 0.906 bits per heavy atom. The second-order valence-corrected chi connectivity index (χ2v) is 13.2. The van der Waals surface area contributed by atoms with Crippen molar-refractivity contribution >= 4 is 29.7 Å². The molecule has 0 amide bonds. The van der Waals surface area contributed by atoms with Gasteiger partial charge in [-0.2, -0.15) is 0 Å². The Bertz CT molecular complexity index is 2030. The Balaban J connectivity index is 1.54. The molecule has 53 heavy (non-hydrogen) atoms. The monoisotopic (exact) mass is 731 g/mol. The van der Waals surface area contributed by atoms with Crippen molar-refractivity contribution in [1.29, 1.82) is 0 Å². The van der Waals surface area contributed by atoms with Crippen molar-refractivity contribution < 1.29 is 69.4 Å². The second kappa shape index (κ2) is 13.6. The average molecular weight is 732 g/mol. The molecule has 3 aromatic carbocycles. The molecule has 2 fully saturated rings. The van der Waals surface area contributed by atoms with Gasteiger partial charge in [0, 0.05) is 29.9 Å². The van der Waals surface area contributed by atoms with Gasteiger partial charge in [0.25, 0.3) is 0 Å². The van der Waals surface area contributed by atoms with E-state index in [1.807, 2.05) is 0 Å². The molecule has 0 aromatic heterocycles. The minimum Gasteiger partial charge on any atom is -0.507 e. The Morgan fingerprint density at radius 3 is 2.19 bits per heavy atom. The van der Waals surface area contributed by atoms with E-state index in [2.05, 4.69) is 5.32 Å². The van der Waals surface area contributed by atoms with Crippen molar-refractivity contribution in [2.45, 2.75) is 41.5 Å². The summed E-state index contributed by atoms with van der Waals surface area (Å²) in [4.78, 5) is 40.9. The average Bonchev–Trinajstić information content (AvgIpc) is 3.13. The molecule has 9 N–H and O–H groups in total. The van der Waals surface area contributed by atoms with Crippen LogP contribution < -0.4 is 5.32 Å². The number of carboxylic acids is 1. The number of esters is 2. The van der Waals surface area contributed by atoms with Gasteiger partial charge in [-0.05, 0) is 61.0 Å². The lowest BCUT2D eigenvalue weighted by Gasteiger charge is -2.68. The molecule has 1 saturated carbocycles. The second-order valence-electron chi connectivity index (χ2n) is 13.2. The van der Waals surface area contributed by atoms with Gasteiger partial charge in [0.05, 0.1) is 12.7 Å². The minimum atomic E-state index is -2.76. The number of aliphatic hydroxyl groups is 3. The van der Waals surface area contributed by atoms with Crippen LogP contribution in [0.5, 0.6) is 23.0 Å². The number of carbonyl (C=O) groups is 3. The van der Waals surface area contributed by atoms with Crippen LogP contribution in [0.25, 0.3) is 11.8 Å². The molecule has 15 nitrogen and oxygen atoms in total. The number of aliphatic hydroxyl groups excluding tert-OH is 1. The highest BCUT2D eigenvalue weighted by atomic mass is 16.6. The topological polar surface area (TPSA) is 253 Å². The molecular weight excluding hydrogens is 694 g/mol. The van der Waals surface area contributed by atoms with Crippen molar-refractivity contribution in [3.63, 3.8) is 0 Å². The van der Waals surface area contributed by atoms with Gasteiger partial charge in [-0.15, -0.1) is 0 Å². The molecule has 2 bridgehead atoms. The van der Waals surface area contributed by atoms with Crippen LogP contribution in [0.2, 0.25) is 0 Å². The van der Waals surface area contributed by atoms with Gasteiger partial charge in [0.2, 0.25) is 5.60 Å². The number of hydrogen-bond acceptors (Lipinski definition) is 14. The van der Waals surface area contributed by atoms with Crippen LogP contribution in [0.4, 0.5) is 0 Å². The number of likely N-dealkylation sites (N-methyl/N-ethyl adjacent to an activating group) is 1. The van der Waals surface area contributed by atoms with Crippen LogP contribution in [0, 0.1) is 11.8 Å². The number of carboxylic acid groups (broad SMARTS) is 1. The first kappa shape index (κ1) is 36.9. The molecule has 278 valence electrons. The summed E-state index contributed by atoms with van der Waals surface area (Å²) in [5.74, 6) is -9.59. The summed E-state index contributed by atoms with van der Waals surface area (Å²) < 4.78 is 18.4. The van der Waals surface area contributed by atoms with E-state index in [-0.39, 0.29) is 24.2 Å². The maximum Gasteiger partial charge on any atom is 0.336 e. The Hall–Kier alpha value is -5.87. The van der Waals surface area contributed by atoms with Crippen molar-refractivity contribution in [3.8, 4) is 23.0 Å². The lowest BCUT2D eigenvalue weighted by molar-refractivity contribution is -0.377. The largest absolute Gasteiger partial charge is 0.507 e. The summed E-state index contributed by atoms with van der Waals surface area (Å²) in [5, 5.41) is 88.4. The summed E-state index contributed by atoms with van der Waals surface area (Å²) >= 11 is 0. The molecule has 2 aliphatic carbocycles. The SMILES string of the molecule is CNC1(O)C2C=CC3(CC(O)(C(=O)O)C(Cc4ccccc4)C(OC(=O)C=C(O)c4ccc(O)c(O)c4)C31OC(=O)C=Cc1ccc(O)c(O)c1)OC2. The fourth-order valence-electron chi connectivity index (χ4n) is 7.64. The third kappa shape index (κ3) is 6.12. The van der Waals surface area contributed by atoms with Gasteiger partial charge in [-0.1, -0.05) is 48.6 Å². The van der Waals surface area contributed by atoms with Crippen LogP contribution >= 0.6 is 0 Å². The fourth-order valence-corrected chi connectivity index (χ4v) is 7.64. The maximum atomic E-state index is 13.9. The summed E-state index contributed by atoms with van der Waals surface area (Å²) in [6, 6.07) is 15.3. The molecule has 0 radical (unpaired) electrons. The molecule has 2 aliphatic heterocycles. The number of nitrogens with one attached hydrogen (secondary N) is 1. The molecule has 7 atom stereocenters. The lowest BCUT2D eigenvalue weighted by Crippen LogP contribution is -2.90. The number of aliphatic carboxylic acids is 1. The van der Waals surface area contributed by atoms with E-state index >= 15 is 0 Å². The molecule has 7 rings (SSSR count). The zero-order chi connectivity index (χ0) is 38.3.